The number of aromatic amines is 1. The first-order valence-electron chi connectivity index (χ1n) is 7.31. The van der Waals surface area contributed by atoms with E-state index in [0.29, 0.717) is 17.8 Å². The van der Waals surface area contributed by atoms with Gasteiger partial charge in [0, 0.05) is 29.0 Å². The van der Waals surface area contributed by atoms with Crippen LogP contribution in [-0.2, 0) is 6.54 Å². The number of H-pyrrole nitrogens is 1. The minimum Gasteiger partial charge on any atom is -0.355 e. The molecule has 122 valence electrons. The van der Waals surface area contributed by atoms with Crippen LogP contribution in [0.2, 0.25) is 0 Å². The normalized spacial score (nSPS) is 10.6. The number of aromatic nitrogens is 2. The quantitative estimate of drug-likeness (QED) is 0.643. The van der Waals surface area contributed by atoms with Crippen molar-refractivity contribution in [1.29, 1.82) is 0 Å². The minimum absolute atomic E-state index is 0.140. The number of halogens is 1. The van der Waals surface area contributed by atoms with Gasteiger partial charge in [-0.2, -0.15) is 5.10 Å². The van der Waals surface area contributed by atoms with Crippen LogP contribution in [0.15, 0.2) is 46.9 Å². The van der Waals surface area contributed by atoms with E-state index in [1.54, 1.807) is 19.2 Å². The van der Waals surface area contributed by atoms with E-state index in [2.05, 4.69) is 36.8 Å². The van der Waals surface area contributed by atoms with E-state index in [1.165, 1.54) is 0 Å². The number of fused-ring (bicyclic) bond motifs is 1. The highest BCUT2D eigenvalue weighted by Crippen LogP contribution is 2.21. The Morgan fingerprint density at radius 2 is 1.88 bits per heavy atom. The first-order chi connectivity index (χ1) is 11.6. The van der Waals surface area contributed by atoms with E-state index in [4.69, 9.17) is 0 Å². The third kappa shape index (κ3) is 3.30. The maximum Gasteiger partial charge on any atom is 0.272 e. The van der Waals surface area contributed by atoms with Crippen LogP contribution >= 0.6 is 15.9 Å². The average molecular weight is 387 g/mol. The Hall–Kier alpha value is -2.67. The van der Waals surface area contributed by atoms with E-state index in [1.807, 2.05) is 30.3 Å². The lowest BCUT2D eigenvalue weighted by Crippen LogP contribution is -2.23. The number of hydrogen-bond donors (Lipinski definition) is 3. The zero-order chi connectivity index (χ0) is 17.1. The van der Waals surface area contributed by atoms with Crippen LogP contribution in [0.5, 0.6) is 0 Å². The summed E-state index contributed by atoms with van der Waals surface area (Å²) in [7, 11) is 1.59. The molecule has 0 unspecified atom stereocenters. The molecular weight excluding hydrogens is 372 g/mol. The Balaban J connectivity index is 1.70. The van der Waals surface area contributed by atoms with Crippen LogP contribution in [0, 0.1) is 0 Å². The van der Waals surface area contributed by atoms with Gasteiger partial charge >= 0.3 is 0 Å². The van der Waals surface area contributed by atoms with Crippen molar-refractivity contribution in [2.75, 3.05) is 7.05 Å². The summed E-state index contributed by atoms with van der Waals surface area (Å²) in [6, 6.07) is 12.7. The molecule has 0 aliphatic heterocycles. The molecule has 24 heavy (non-hydrogen) atoms. The maximum atomic E-state index is 12.4. The van der Waals surface area contributed by atoms with Crippen molar-refractivity contribution in [3.05, 3.63) is 63.8 Å². The maximum absolute atomic E-state index is 12.4. The smallest absolute Gasteiger partial charge is 0.272 e. The van der Waals surface area contributed by atoms with Crippen molar-refractivity contribution in [3.63, 3.8) is 0 Å². The number of nitrogens with zero attached hydrogens (tertiary/aromatic N) is 1. The Morgan fingerprint density at radius 1 is 1.12 bits per heavy atom. The number of carbonyl (C=O) groups is 2. The predicted octanol–water partition coefficient (Wildman–Crippen LogP) is 2.62. The highest BCUT2D eigenvalue weighted by Gasteiger charge is 2.14. The molecule has 3 aromatic rings. The van der Waals surface area contributed by atoms with Crippen molar-refractivity contribution in [2.45, 2.75) is 6.54 Å². The highest BCUT2D eigenvalue weighted by molar-refractivity contribution is 9.10. The Kier molecular flexibility index (Phi) is 4.61. The number of hydrogen-bond acceptors (Lipinski definition) is 3. The molecule has 0 bridgehead atoms. The molecule has 0 saturated carbocycles. The van der Waals surface area contributed by atoms with Gasteiger partial charge in [0.25, 0.3) is 11.8 Å². The standard InChI is InChI=1S/C17H15BrN4O2/c1-19-16(23)11-4-2-10(3-5-11)9-20-17(24)15-13-8-12(18)6-7-14(13)21-22-15/h2-8H,9H2,1H3,(H,19,23)(H,20,24)(H,21,22). The summed E-state index contributed by atoms with van der Waals surface area (Å²) in [4.78, 5) is 23.9. The molecule has 0 aliphatic rings. The van der Waals surface area contributed by atoms with Gasteiger partial charge in [0.05, 0.1) is 5.52 Å². The van der Waals surface area contributed by atoms with E-state index in [0.717, 1.165) is 20.9 Å². The van der Waals surface area contributed by atoms with Crippen LogP contribution in [0.3, 0.4) is 0 Å². The van der Waals surface area contributed by atoms with E-state index >= 15 is 0 Å². The largest absolute Gasteiger partial charge is 0.355 e. The molecule has 2 aromatic carbocycles. The average Bonchev–Trinajstić information content (AvgIpc) is 3.02. The molecule has 1 aromatic heterocycles. The molecule has 6 nitrogen and oxygen atoms in total. The topological polar surface area (TPSA) is 86.9 Å². The fourth-order valence-corrected chi connectivity index (χ4v) is 2.70. The number of benzene rings is 2. The fourth-order valence-electron chi connectivity index (χ4n) is 2.34. The van der Waals surface area contributed by atoms with Crippen LogP contribution in [0.1, 0.15) is 26.4 Å². The van der Waals surface area contributed by atoms with Crippen molar-refractivity contribution in [1.82, 2.24) is 20.8 Å². The second-order valence-corrected chi connectivity index (χ2v) is 6.14. The summed E-state index contributed by atoms with van der Waals surface area (Å²) in [6.45, 7) is 0.356. The van der Waals surface area contributed by atoms with Gasteiger partial charge in [0.15, 0.2) is 5.69 Å². The second-order valence-electron chi connectivity index (χ2n) is 5.22. The zero-order valence-electron chi connectivity index (χ0n) is 12.9. The van der Waals surface area contributed by atoms with Crippen LogP contribution < -0.4 is 10.6 Å². The lowest BCUT2D eigenvalue weighted by Gasteiger charge is -2.05. The molecule has 2 amide bonds. The lowest BCUT2D eigenvalue weighted by atomic mass is 10.1. The molecule has 3 rings (SSSR count). The van der Waals surface area contributed by atoms with Crippen LogP contribution in [0.25, 0.3) is 10.9 Å². The van der Waals surface area contributed by atoms with Gasteiger partial charge in [-0.3, -0.25) is 14.7 Å². The van der Waals surface area contributed by atoms with Gasteiger partial charge in [-0.05, 0) is 35.9 Å². The third-order valence-corrected chi connectivity index (χ3v) is 4.13. The van der Waals surface area contributed by atoms with Gasteiger partial charge in [0.2, 0.25) is 0 Å². The van der Waals surface area contributed by atoms with Crippen LogP contribution in [0.4, 0.5) is 0 Å². The molecule has 0 aliphatic carbocycles. The molecule has 0 spiro atoms. The number of rotatable bonds is 4. The van der Waals surface area contributed by atoms with Crippen molar-refractivity contribution >= 4 is 38.6 Å². The molecule has 0 fully saturated rings. The first kappa shape index (κ1) is 16.2. The van der Waals surface area contributed by atoms with Crippen molar-refractivity contribution in [2.24, 2.45) is 0 Å². The van der Waals surface area contributed by atoms with Gasteiger partial charge in [-0.25, -0.2) is 0 Å². The van der Waals surface area contributed by atoms with E-state index in [9.17, 15) is 9.59 Å². The van der Waals surface area contributed by atoms with Crippen molar-refractivity contribution < 1.29 is 9.59 Å². The SMILES string of the molecule is CNC(=O)c1ccc(CNC(=O)c2n[nH]c3ccc(Br)cc23)cc1. The summed E-state index contributed by atoms with van der Waals surface area (Å²) < 4.78 is 0.884. The van der Waals surface area contributed by atoms with Gasteiger partial charge < -0.3 is 10.6 Å². The number of amides is 2. The molecule has 0 radical (unpaired) electrons. The summed E-state index contributed by atoms with van der Waals surface area (Å²) >= 11 is 3.39. The summed E-state index contributed by atoms with van der Waals surface area (Å²) in [5.41, 5.74) is 2.64. The zero-order valence-corrected chi connectivity index (χ0v) is 14.5. The Labute approximate surface area is 146 Å². The molecule has 1 heterocycles. The van der Waals surface area contributed by atoms with Crippen LogP contribution in [-0.4, -0.2) is 29.1 Å². The molecule has 3 N–H and O–H groups in total. The fraction of sp³-hybridized carbons (Fsp3) is 0.118. The van der Waals surface area contributed by atoms with Gasteiger partial charge in [-0.1, -0.05) is 28.1 Å². The van der Waals surface area contributed by atoms with Crippen molar-refractivity contribution in [3.8, 4) is 0 Å². The summed E-state index contributed by atoms with van der Waals surface area (Å²) in [5.74, 6) is -0.395. The van der Waals surface area contributed by atoms with Gasteiger partial charge in [0.1, 0.15) is 0 Å². The molecule has 7 heteroatoms. The lowest BCUT2D eigenvalue weighted by molar-refractivity contribution is 0.0943. The molecule has 0 saturated heterocycles. The monoisotopic (exact) mass is 386 g/mol. The summed E-state index contributed by atoms with van der Waals surface area (Å²) in [5, 5.41) is 13.1. The number of nitrogens with one attached hydrogen (secondary N) is 3. The first-order valence-corrected chi connectivity index (χ1v) is 8.10. The second kappa shape index (κ2) is 6.84. The summed E-state index contributed by atoms with van der Waals surface area (Å²) in [6.07, 6.45) is 0. The highest BCUT2D eigenvalue weighted by atomic mass is 79.9. The third-order valence-electron chi connectivity index (χ3n) is 3.64. The molecule has 0 atom stereocenters. The molecular formula is C17H15BrN4O2. The van der Waals surface area contributed by atoms with Gasteiger partial charge in [-0.15, -0.1) is 0 Å². The Bertz CT molecular complexity index is 903. The van der Waals surface area contributed by atoms with E-state index in [-0.39, 0.29) is 11.8 Å². The predicted molar refractivity (Wildman–Crippen MR) is 94.8 cm³/mol. The number of carbonyl (C=O) groups excluding carboxylic acids is 2. The Morgan fingerprint density at radius 3 is 2.58 bits per heavy atom. The minimum atomic E-state index is -0.255. The van der Waals surface area contributed by atoms with E-state index < -0.39 is 0 Å².